The van der Waals surface area contributed by atoms with Gasteiger partial charge in [0.2, 0.25) is 0 Å². The Morgan fingerprint density at radius 1 is 0.981 bits per heavy atom. The molecule has 0 bridgehead atoms. The summed E-state index contributed by atoms with van der Waals surface area (Å²) in [6.45, 7) is 8.24. The molecule has 0 aromatic heterocycles. The zero-order valence-electron chi connectivity index (χ0n) is 30.6. The number of anilines is 1. The first-order chi connectivity index (χ1) is 25.1. The number of hydrogen-bond acceptors (Lipinski definition) is 10. The molecule has 2 aromatic carbocycles. The molecule has 7 rings (SSSR count). The number of sulfone groups is 1. The SMILES string of the molecule is COC(=O)N[C@H]1CCC[C@@H]1[C@](CN1CCC1)(c1cccc(F)c1)C1CCN(CC2(OC)CN(c3ccc(S(=O)(=O)C[C@H]4COCCO4)cc3)C2)CC1. The normalized spacial score (nSPS) is 27.0. The van der Waals surface area contributed by atoms with Crippen LogP contribution in [0.25, 0.3) is 0 Å². The molecule has 286 valence electrons. The van der Waals surface area contributed by atoms with Crippen LogP contribution in [-0.2, 0) is 34.2 Å². The van der Waals surface area contributed by atoms with Crippen LogP contribution >= 0.6 is 0 Å². The minimum absolute atomic E-state index is 0.0255. The van der Waals surface area contributed by atoms with Crippen LogP contribution in [0.4, 0.5) is 14.9 Å². The minimum atomic E-state index is -3.49. The molecule has 11 nitrogen and oxygen atoms in total. The van der Waals surface area contributed by atoms with Gasteiger partial charge in [0.15, 0.2) is 9.84 Å². The molecular formula is C39H55FN4O7S. The first-order valence-corrected chi connectivity index (χ1v) is 20.7. The molecule has 4 heterocycles. The number of piperidine rings is 1. The zero-order chi connectivity index (χ0) is 36.3. The van der Waals surface area contributed by atoms with Crippen molar-refractivity contribution in [1.29, 1.82) is 0 Å². The monoisotopic (exact) mass is 742 g/mol. The number of carbonyl (C=O) groups is 1. The molecule has 1 aliphatic carbocycles. The maximum Gasteiger partial charge on any atom is 0.407 e. The van der Waals surface area contributed by atoms with Gasteiger partial charge in [0.25, 0.3) is 0 Å². The van der Waals surface area contributed by atoms with Crippen molar-refractivity contribution in [2.45, 2.75) is 66.6 Å². The summed E-state index contributed by atoms with van der Waals surface area (Å²) in [5.41, 5.74) is 1.40. The number of amides is 1. The second-order valence-corrected chi connectivity index (χ2v) is 17.6. The van der Waals surface area contributed by atoms with Crippen molar-refractivity contribution in [2.75, 3.05) is 97.1 Å². The third kappa shape index (κ3) is 7.86. The first kappa shape index (κ1) is 37.5. The van der Waals surface area contributed by atoms with Crippen LogP contribution in [0.1, 0.15) is 44.1 Å². The molecule has 52 heavy (non-hydrogen) atoms. The van der Waals surface area contributed by atoms with Crippen molar-refractivity contribution in [3.63, 3.8) is 0 Å². The van der Waals surface area contributed by atoms with Crippen LogP contribution in [0.2, 0.25) is 0 Å². The number of methoxy groups -OCH3 is 2. The number of carbonyl (C=O) groups excluding carboxylic acids is 1. The third-order valence-electron chi connectivity index (χ3n) is 12.5. The highest BCUT2D eigenvalue weighted by Gasteiger charge is 2.54. The van der Waals surface area contributed by atoms with E-state index in [9.17, 15) is 13.2 Å². The van der Waals surface area contributed by atoms with Crippen LogP contribution in [0.15, 0.2) is 53.4 Å². The van der Waals surface area contributed by atoms with E-state index in [0.29, 0.717) is 43.7 Å². The average Bonchev–Trinajstić information content (AvgIpc) is 3.58. The molecule has 2 aromatic rings. The lowest BCUT2D eigenvalue weighted by Crippen LogP contribution is -2.68. The Kier molecular flexibility index (Phi) is 11.5. The van der Waals surface area contributed by atoms with E-state index in [1.54, 1.807) is 25.3 Å². The van der Waals surface area contributed by atoms with E-state index in [-0.39, 0.29) is 34.5 Å². The number of nitrogens with one attached hydrogen (secondary N) is 1. The van der Waals surface area contributed by atoms with E-state index in [4.69, 9.17) is 18.9 Å². The summed E-state index contributed by atoms with van der Waals surface area (Å²) < 4.78 is 63.2. The summed E-state index contributed by atoms with van der Waals surface area (Å²) in [5.74, 6) is 0.189. The summed E-state index contributed by atoms with van der Waals surface area (Å²) in [6.07, 6.45) is 5.19. The smallest absolute Gasteiger partial charge is 0.407 e. The van der Waals surface area contributed by atoms with Gasteiger partial charge in [0.1, 0.15) is 11.4 Å². The van der Waals surface area contributed by atoms with Crippen LogP contribution in [-0.4, -0.2) is 134 Å². The quantitative estimate of drug-likeness (QED) is 0.323. The molecular weight excluding hydrogens is 688 g/mol. The van der Waals surface area contributed by atoms with Gasteiger partial charge in [0, 0.05) is 37.3 Å². The van der Waals surface area contributed by atoms with E-state index in [2.05, 4.69) is 26.1 Å². The van der Waals surface area contributed by atoms with Gasteiger partial charge in [-0.05, 0) is 112 Å². The van der Waals surface area contributed by atoms with Gasteiger partial charge in [-0.3, -0.25) is 0 Å². The molecule has 4 atom stereocenters. The molecule has 5 fully saturated rings. The van der Waals surface area contributed by atoms with Crippen LogP contribution < -0.4 is 10.2 Å². The standard InChI is InChI=1S/C39H55FN4O7S/c1-48-37(45)41-36-9-4-8-35(36)39(28-42-16-5-17-42,30-6-3-7-31(40)22-30)29-14-18-43(19-15-29)25-38(49-2)26-44(27-38)32-10-12-34(13-11-32)52(46,47)24-33-23-50-20-21-51-33/h3,6-7,10-13,22,29,33,35-36H,4-5,8-9,14-21,23-28H2,1-2H3,(H,41,45)/t33-,35+,36+,39+/m1/s1. The van der Waals surface area contributed by atoms with Gasteiger partial charge in [-0.25, -0.2) is 17.6 Å². The minimum Gasteiger partial charge on any atom is -0.453 e. The van der Waals surface area contributed by atoms with E-state index in [1.807, 2.05) is 18.2 Å². The number of hydrogen-bond donors (Lipinski definition) is 1. The fourth-order valence-corrected chi connectivity index (χ4v) is 11.1. The number of halogens is 1. The molecule has 1 amide bonds. The molecule has 0 radical (unpaired) electrons. The first-order valence-electron chi connectivity index (χ1n) is 19.0. The van der Waals surface area contributed by atoms with Crippen LogP contribution in [0.5, 0.6) is 0 Å². The number of nitrogens with zero attached hydrogens (tertiary/aromatic N) is 3. The van der Waals surface area contributed by atoms with Crippen molar-refractivity contribution in [3.8, 4) is 0 Å². The maximum atomic E-state index is 15.0. The van der Waals surface area contributed by atoms with Gasteiger partial charge in [-0.15, -0.1) is 0 Å². The lowest BCUT2D eigenvalue weighted by Gasteiger charge is -2.55. The Balaban J connectivity index is 1.02. The average molecular weight is 743 g/mol. The fraction of sp³-hybridized carbons (Fsp3) is 0.667. The van der Waals surface area contributed by atoms with Crippen molar-refractivity contribution in [2.24, 2.45) is 11.8 Å². The van der Waals surface area contributed by atoms with Crippen molar-refractivity contribution >= 4 is 21.6 Å². The second-order valence-electron chi connectivity index (χ2n) is 15.6. The highest BCUT2D eigenvalue weighted by atomic mass is 32.2. The lowest BCUT2D eigenvalue weighted by atomic mass is 9.57. The van der Waals surface area contributed by atoms with Gasteiger partial charge < -0.3 is 39.0 Å². The lowest BCUT2D eigenvalue weighted by molar-refractivity contribution is -0.0782. The predicted molar refractivity (Wildman–Crippen MR) is 196 cm³/mol. The van der Waals surface area contributed by atoms with E-state index in [0.717, 1.165) is 82.6 Å². The Bertz CT molecular complexity index is 1620. The van der Waals surface area contributed by atoms with Crippen molar-refractivity contribution < 1.29 is 36.6 Å². The van der Waals surface area contributed by atoms with Gasteiger partial charge in [0.05, 0.1) is 56.8 Å². The van der Waals surface area contributed by atoms with E-state index in [1.165, 1.54) is 19.6 Å². The maximum absolute atomic E-state index is 15.0. The predicted octanol–water partition coefficient (Wildman–Crippen LogP) is 4.10. The van der Waals surface area contributed by atoms with Crippen molar-refractivity contribution in [3.05, 3.63) is 59.9 Å². The summed E-state index contributed by atoms with van der Waals surface area (Å²) >= 11 is 0. The van der Waals surface area contributed by atoms with Crippen molar-refractivity contribution in [1.82, 2.24) is 15.1 Å². The van der Waals surface area contributed by atoms with Crippen LogP contribution in [0, 0.1) is 17.7 Å². The Morgan fingerprint density at radius 3 is 2.38 bits per heavy atom. The molecule has 0 spiro atoms. The second kappa shape index (κ2) is 15.9. The molecule has 4 aliphatic heterocycles. The Labute approximate surface area is 308 Å². The topological polar surface area (TPSA) is 110 Å². The number of ether oxygens (including phenoxy) is 4. The van der Waals surface area contributed by atoms with Gasteiger partial charge in [-0.1, -0.05) is 18.6 Å². The molecule has 5 aliphatic rings. The van der Waals surface area contributed by atoms with Gasteiger partial charge in [-0.2, -0.15) is 0 Å². The molecule has 13 heteroatoms. The summed E-state index contributed by atoms with van der Waals surface area (Å²) in [4.78, 5) is 20.1. The third-order valence-corrected chi connectivity index (χ3v) is 14.3. The largest absolute Gasteiger partial charge is 0.453 e. The Hall–Kier alpha value is -2.81. The molecule has 1 saturated carbocycles. The number of alkyl carbamates (subject to hydrolysis) is 1. The summed E-state index contributed by atoms with van der Waals surface area (Å²) in [6, 6.07) is 14.4. The van der Waals surface area contributed by atoms with Crippen LogP contribution in [0.3, 0.4) is 0 Å². The Morgan fingerprint density at radius 2 is 1.75 bits per heavy atom. The van der Waals surface area contributed by atoms with E-state index >= 15 is 4.39 Å². The highest BCUT2D eigenvalue weighted by Crippen LogP contribution is 2.51. The highest BCUT2D eigenvalue weighted by molar-refractivity contribution is 7.91. The molecule has 1 N–H and O–H groups in total. The summed E-state index contributed by atoms with van der Waals surface area (Å²) in [5, 5.41) is 3.18. The number of likely N-dealkylation sites (tertiary alicyclic amines) is 2. The van der Waals surface area contributed by atoms with Gasteiger partial charge >= 0.3 is 6.09 Å². The summed E-state index contributed by atoms with van der Waals surface area (Å²) in [7, 11) is -0.295. The van der Waals surface area contributed by atoms with E-state index < -0.39 is 22.0 Å². The number of rotatable bonds is 13. The zero-order valence-corrected chi connectivity index (χ0v) is 31.5. The fourth-order valence-electron chi connectivity index (χ4n) is 9.72. The molecule has 4 saturated heterocycles. The molecule has 0 unspecified atom stereocenters. The number of benzene rings is 2.